The third kappa shape index (κ3) is 5.11. The van der Waals surface area contributed by atoms with E-state index >= 15 is 0 Å². The second-order valence-electron chi connectivity index (χ2n) is 9.76. The van der Waals surface area contributed by atoms with E-state index in [2.05, 4.69) is 30.8 Å². The molecule has 0 radical (unpaired) electrons. The molecule has 0 spiro atoms. The van der Waals surface area contributed by atoms with Crippen molar-refractivity contribution in [3.05, 3.63) is 65.6 Å². The molecule has 8 nitrogen and oxygen atoms in total. The molecule has 1 fully saturated rings. The molecule has 2 aromatic heterocycles. The van der Waals surface area contributed by atoms with E-state index in [9.17, 15) is 22.4 Å². The van der Waals surface area contributed by atoms with Crippen molar-refractivity contribution < 1.29 is 22.4 Å². The van der Waals surface area contributed by atoms with Gasteiger partial charge in [0.05, 0.1) is 11.2 Å². The molecule has 1 amide bonds. The van der Waals surface area contributed by atoms with Crippen LogP contribution in [-0.4, -0.2) is 37.7 Å². The SMILES string of the molecule is C[C@]1(NC(=O)c2ccc(N)c(F)c2)CCC[C@@H](Nc2ncc(C(F)(F)F)c(-c3n[nH]c4ccccc34)n2)C1. The Morgan fingerprint density at radius 1 is 1.18 bits per heavy atom. The van der Waals surface area contributed by atoms with Crippen molar-refractivity contribution in [1.29, 1.82) is 0 Å². The average molecular weight is 528 g/mol. The molecule has 0 unspecified atom stereocenters. The molecule has 0 bridgehead atoms. The summed E-state index contributed by atoms with van der Waals surface area (Å²) in [5, 5.41) is 13.5. The van der Waals surface area contributed by atoms with Crippen molar-refractivity contribution in [3.63, 3.8) is 0 Å². The lowest BCUT2D eigenvalue weighted by atomic mass is 9.80. The number of nitrogens with two attached hydrogens (primary N) is 1. The molecule has 198 valence electrons. The van der Waals surface area contributed by atoms with E-state index in [0.29, 0.717) is 30.2 Å². The maximum atomic E-state index is 13.8. The molecule has 4 aromatic rings. The fourth-order valence-electron chi connectivity index (χ4n) is 4.90. The Bertz CT molecular complexity index is 1500. The van der Waals surface area contributed by atoms with Crippen LogP contribution in [0.15, 0.2) is 48.7 Å². The zero-order chi connectivity index (χ0) is 27.1. The van der Waals surface area contributed by atoms with Gasteiger partial charge in [-0.2, -0.15) is 18.3 Å². The number of benzene rings is 2. The van der Waals surface area contributed by atoms with Crippen molar-refractivity contribution in [2.45, 2.75) is 50.4 Å². The van der Waals surface area contributed by atoms with Crippen molar-refractivity contribution >= 4 is 28.4 Å². The normalized spacial score (nSPS) is 19.9. The lowest BCUT2D eigenvalue weighted by molar-refractivity contribution is -0.137. The van der Waals surface area contributed by atoms with E-state index in [-0.39, 0.29) is 34.6 Å². The predicted octanol–water partition coefficient (Wildman–Crippen LogP) is 5.30. The van der Waals surface area contributed by atoms with Crippen LogP contribution < -0.4 is 16.4 Å². The number of halogens is 4. The highest BCUT2D eigenvalue weighted by Gasteiger charge is 2.38. The highest BCUT2D eigenvalue weighted by molar-refractivity contribution is 5.95. The quantitative estimate of drug-likeness (QED) is 0.206. The first kappa shape index (κ1) is 25.4. The Hall–Kier alpha value is -4.22. The minimum atomic E-state index is -4.68. The second-order valence-corrected chi connectivity index (χ2v) is 9.76. The molecular weight excluding hydrogens is 502 g/mol. The van der Waals surface area contributed by atoms with Crippen molar-refractivity contribution in [1.82, 2.24) is 25.5 Å². The van der Waals surface area contributed by atoms with E-state index in [0.717, 1.165) is 18.7 Å². The van der Waals surface area contributed by atoms with Crippen LogP contribution in [0.25, 0.3) is 22.3 Å². The van der Waals surface area contributed by atoms with Gasteiger partial charge in [-0.25, -0.2) is 14.4 Å². The standard InChI is InChI=1S/C26H25F4N7O/c1-25(35-23(38)14-8-9-19(31)18(27)11-14)10-4-5-15(12-25)33-24-32-13-17(26(28,29)30)22(34-24)21-16-6-2-3-7-20(16)36-37-21/h2-3,6-9,11,13,15H,4-5,10,12,31H2,1H3,(H,35,38)(H,36,37)(H,32,33,34)/t15-,25+/m1/s1. The largest absolute Gasteiger partial charge is 0.420 e. The van der Waals surface area contributed by atoms with Crippen LogP contribution in [0.1, 0.15) is 48.5 Å². The number of fused-ring (bicyclic) bond motifs is 1. The maximum Gasteiger partial charge on any atom is 0.420 e. The van der Waals surface area contributed by atoms with Crippen LogP contribution >= 0.6 is 0 Å². The molecule has 2 heterocycles. The van der Waals surface area contributed by atoms with E-state index in [4.69, 9.17) is 5.73 Å². The van der Waals surface area contributed by atoms with Crippen molar-refractivity contribution in [2.24, 2.45) is 0 Å². The van der Waals surface area contributed by atoms with Gasteiger partial charge in [0.15, 0.2) is 0 Å². The third-order valence-electron chi connectivity index (χ3n) is 6.78. The maximum absolute atomic E-state index is 13.8. The van der Waals surface area contributed by atoms with Gasteiger partial charge in [0.1, 0.15) is 22.8 Å². The van der Waals surface area contributed by atoms with E-state index in [1.807, 2.05) is 6.92 Å². The Morgan fingerprint density at radius 3 is 2.74 bits per heavy atom. The van der Waals surface area contributed by atoms with Crippen LogP contribution in [0, 0.1) is 5.82 Å². The number of H-pyrrole nitrogens is 1. The van der Waals surface area contributed by atoms with Crippen LogP contribution in [-0.2, 0) is 6.18 Å². The summed E-state index contributed by atoms with van der Waals surface area (Å²) in [5.41, 5.74) is 4.30. The van der Waals surface area contributed by atoms with E-state index < -0.39 is 29.0 Å². The number of nitrogens with zero attached hydrogens (tertiary/aromatic N) is 3. The Kier molecular flexibility index (Phi) is 6.41. The first-order valence-corrected chi connectivity index (χ1v) is 12.0. The smallest absolute Gasteiger partial charge is 0.396 e. The number of aromatic nitrogens is 4. The molecule has 5 rings (SSSR count). The van der Waals surface area contributed by atoms with Crippen LogP contribution in [0.4, 0.5) is 29.2 Å². The molecule has 0 saturated heterocycles. The number of nitrogens with one attached hydrogen (secondary N) is 3. The molecular formula is C26H25F4N7O. The Balaban J connectivity index is 1.38. The van der Waals surface area contributed by atoms with E-state index in [1.165, 1.54) is 12.1 Å². The number of anilines is 2. The second kappa shape index (κ2) is 9.58. The van der Waals surface area contributed by atoms with Gasteiger partial charge < -0.3 is 16.4 Å². The van der Waals surface area contributed by atoms with Gasteiger partial charge in [-0.1, -0.05) is 18.2 Å². The minimum absolute atomic E-state index is 0.0289. The average Bonchev–Trinajstić information content (AvgIpc) is 3.29. The van der Waals surface area contributed by atoms with Gasteiger partial charge in [0.2, 0.25) is 5.95 Å². The number of amides is 1. The zero-order valence-corrected chi connectivity index (χ0v) is 20.4. The minimum Gasteiger partial charge on any atom is -0.396 e. The molecule has 1 aliphatic rings. The Morgan fingerprint density at radius 2 is 1.97 bits per heavy atom. The van der Waals surface area contributed by atoms with Gasteiger partial charge in [0.25, 0.3) is 5.91 Å². The van der Waals surface area contributed by atoms with Crippen molar-refractivity contribution in [3.8, 4) is 11.4 Å². The number of hydrogen-bond acceptors (Lipinski definition) is 6. The number of carbonyl (C=O) groups is 1. The number of aromatic amines is 1. The molecule has 12 heteroatoms. The van der Waals surface area contributed by atoms with Crippen LogP contribution in [0.5, 0.6) is 0 Å². The molecule has 2 aromatic carbocycles. The van der Waals surface area contributed by atoms with Crippen molar-refractivity contribution in [2.75, 3.05) is 11.1 Å². The van der Waals surface area contributed by atoms with Gasteiger partial charge in [-0.05, 0) is 56.9 Å². The number of carbonyl (C=O) groups excluding carboxylic acids is 1. The highest BCUT2D eigenvalue weighted by Crippen LogP contribution is 2.38. The Labute approximate surface area is 215 Å². The molecule has 0 aliphatic heterocycles. The number of hydrogen-bond donors (Lipinski definition) is 4. The fourth-order valence-corrected chi connectivity index (χ4v) is 4.90. The summed E-state index contributed by atoms with van der Waals surface area (Å²) in [5.74, 6) is -1.09. The van der Waals surface area contributed by atoms with Gasteiger partial charge in [-0.15, -0.1) is 0 Å². The monoisotopic (exact) mass is 527 g/mol. The molecule has 5 N–H and O–H groups in total. The van der Waals surface area contributed by atoms with Crippen LogP contribution in [0.3, 0.4) is 0 Å². The first-order chi connectivity index (χ1) is 18.0. The summed E-state index contributed by atoms with van der Waals surface area (Å²) < 4.78 is 55.3. The predicted molar refractivity (Wildman–Crippen MR) is 135 cm³/mol. The lowest BCUT2D eigenvalue weighted by Gasteiger charge is -2.39. The van der Waals surface area contributed by atoms with Crippen LogP contribution in [0.2, 0.25) is 0 Å². The fraction of sp³-hybridized carbons (Fsp3) is 0.308. The van der Waals surface area contributed by atoms with Gasteiger partial charge in [0, 0.05) is 28.7 Å². The topological polar surface area (TPSA) is 122 Å². The summed E-state index contributed by atoms with van der Waals surface area (Å²) >= 11 is 0. The molecule has 2 atom stereocenters. The summed E-state index contributed by atoms with van der Waals surface area (Å²) in [7, 11) is 0. The lowest BCUT2D eigenvalue weighted by Crippen LogP contribution is -2.51. The zero-order valence-electron chi connectivity index (χ0n) is 20.4. The molecule has 1 saturated carbocycles. The van der Waals surface area contributed by atoms with E-state index in [1.54, 1.807) is 24.3 Å². The molecule has 38 heavy (non-hydrogen) atoms. The van der Waals surface area contributed by atoms with Gasteiger partial charge in [-0.3, -0.25) is 9.89 Å². The number of nitrogen functional groups attached to an aromatic ring is 1. The summed E-state index contributed by atoms with van der Waals surface area (Å²) in [6, 6.07) is 10.5. The molecule has 1 aliphatic carbocycles. The van der Waals surface area contributed by atoms with Gasteiger partial charge >= 0.3 is 6.18 Å². The number of alkyl halides is 3. The summed E-state index contributed by atoms with van der Waals surface area (Å²) in [6.45, 7) is 1.88. The summed E-state index contributed by atoms with van der Waals surface area (Å²) in [4.78, 5) is 21.0. The third-order valence-corrected chi connectivity index (χ3v) is 6.78. The highest BCUT2D eigenvalue weighted by atomic mass is 19.4. The summed E-state index contributed by atoms with van der Waals surface area (Å²) in [6.07, 6.45) is -1.35. The first-order valence-electron chi connectivity index (χ1n) is 12.0. The number of rotatable bonds is 5. The number of para-hydroxylation sites is 1.